The van der Waals surface area contributed by atoms with Crippen LogP contribution >= 0.6 is 0 Å². The first-order chi connectivity index (χ1) is 6.27. The molecule has 1 unspecified atom stereocenters. The van der Waals surface area contributed by atoms with Crippen LogP contribution < -0.4 is 0 Å². The number of hydrogen-bond donors (Lipinski definition) is 0. The summed E-state index contributed by atoms with van der Waals surface area (Å²) in [5.41, 5.74) is 0. The van der Waals surface area contributed by atoms with E-state index in [2.05, 4.69) is 11.9 Å². The number of nitrogens with zero attached hydrogens (tertiary/aromatic N) is 1. The predicted octanol–water partition coefficient (Wildman–Crippen LogP) is 0.0768. The van der Waals surface area contributed by atoms with E-state index in [0.717, 1.165) is 13.2 Å². The SMILES string of the molecule is CCO[C@@H]1[C@H]2C(OC)O[C@@H]1CN2C. The summed E-state index contributed by atoms with van der Waals surface area (Å²) >= 11 is 0. The normalized spacial score (nSPS) is 44.5. The Morgan fingerprint density at radius 3 is 2.92 bits per heavy atom. The highest BCUT2D eigenvalue weighted by Gasteiger charge is 2.53. The molecule has 4 heteroatoms. The van der Waals surface area contributed by atoms with Gasteiger partial charge in [0.2, 0.25) is 0 Å². The fraction of sp³-hybridized carbons (Fsp3) is 1.00. The Balaban J connectivity index is 2.06. The van der Waals surface area contributed by atoms with E-state index in [-0.39, 0.29) is 24.5 Å². The van der Waals surface area contributed by atoms with E-state index in [9.17, 15) is 0 Å². The lowest BCUT2D eigenvalue weighted by Gasteiger charge is -2.28. The molecule has 2 saturated heterocycles. The van der Waals surface area contributed by atoms with Crippen molar-refractivity contribution in [2.75, 3.05) is 27.3 Å². The third-order valence-corrected chi connectivity index (χ3v) is 2.86. The predicted molar refractivity (Wildman–Crippen MR) is 47.5 cm³/mol. The summed E-state index contributed by atoms with van der Waals surface area (Å²) in [5, 5.41) is 0. The van der Waals surface area contributed by atoms with Crippen molar-refractivity contribution in [3.63, 3.8) is 0 Å². The Morgan fingerprint density at radius 1 is 1.54 bits per heavy atom. The maximum Gasteiger partial charge on any atom is 0.175 e. The van der Waals surface area contributed by atoms with E-state index in [4.69, 9.17) is 14.2 Å². The topological polar surface area (TPSA) is 30.9 Å². The monoisotopic (exact) mass is 187 g/mol. The van der Waals surface area contributed by atoms with Gasteiger partial charge in [-0.05, 0) is 14.0 Å². The summed E-state index contributed by atoms with van der Waals surface area (Å²) < 4.78 is 16.6. The summed E-state index contributed by atoms with van der Waals surface area (Å²) in [7, 11) is 3.77. The zero-order valence-electron chi connectivity index (χ0n) is 8.40. The van der Waals surface area contributed by atoms with Gasteiger partial charge < -0.3 is 14.2 Å². The van der Waals surface area contributed by atoms with Crippen molar-refractivity contribution in [1.82, 2.24) is 4.90 Å². The van der Waals surface area contributed by atoms with E-state index in [1.54, 1.807) is 7.11 Å². The second kappa shape index (κ2) is 3.53. The number of ether oxygens (including phenoxy) is 3. The fourth-order valence-corrected chi connectivity index (χ4v) is 2.31. The van der Waals surface area contributed by atoms with Crippen LogP contribution in [0.15, 0.2) is 0 Å². The van der Waals surface area contributed by atoms with Gasteiger partial charge >= 0.3 is 0 Å². The maximum atomic E-state index is 5.66. The first-order valence-electron chi connectivity index (χ1n) is 4.78. The van der Waals surface area contributed by atoms with Crippen molar-refractivity contribution >= 4 is 0 Å². The van der Waals surface area contributed by atoms with Crippen LogP contribution in [0.2, 0.25) is 0 Å². The number of rotatable bonds is 3. The van der Waals surface area contributed by atoms with Crippen LogP contribution in [-0.4, -0.2) is 56.7 Å². The quantitative estimate of drug-likeness (QED) is 0.626. The van der Waals surface area contributed by atoms with Crippen molar-refractivity contribution in [2.24, 2.45) is 0 Å². The molecule has 0 aromatic carbocycles. The summed E-state index contributed by atoms with van der Waals surface area (Å²) in [6.45, 7) is 3.71. The van der Waals surface area contributed by atoms with Crippen molar-refractivity contribution < 1.29 is 14.2 Å². The Morgan fingerprint density at radius 2 is 2.31 bits per heavy atom. The van der Waals surface area contributed by atoms with Crippen molar-refractivity contribution in [3.8, 4) is 0 Å². The van der Waals surface area contributed by atoms with Crippen LogP contribution in [0.4, 0.5) is 0 Å². The Bertz CT molecular complexity index is 188. The average Bonchev–Trinajstić information content (AvgIpc) is 2.59. The van der Waals surface area contributed by atoms with Gasteiger partial charge in [-0.1, -0.05) is 0 Å². The molecule has 0 radical (unpaired) electrons. The zero-order valence-corrected chi connectivity index (χ0v) is 8.40. The second-order valence-electron chi connectivity index (χ2n) is 3.63. The van der Waals surface area contributed by atoms with E-state index in [1.807, 2.05) is 6.92 Å². The molecular weight excluding hydrogens is 170 g/mol. The summed E-state index contributed by atoms with van der Waals surface area (Å²) in [6, 6.07) is 0.273. The molecule has 2 heterocycles. The molecule has 0 aliphatic carbocycles. The molecule has 2 aliphatic heterocycles. The second-order valence-corrected chi connectivity index (χ2v) is 3.63. The van der Waals surface area contributed by atoms with Crippen molar-refractivity contribution in [2.45, 2.75) is 31.5 Å². The largest absolute Gasteiger partial charge is 0.374 e. The third kappa shape index (κ3) is 1.38. The lowest BCUT2D eigenvalue weighted by atomic mass is 10.2. The number of fused-ring (bicyclic) bond motifs is 2. The van der Waals surface area contributed by atoms with Gasteiger partial charge in [0.05, 0.1) is 6.04 Å². The molecule has 2 bridgehead atoms. The van der Waals surface area contributed by atoms with Gasteiger partial charge in [-0.25, -0.2) is 0 Å². The lowest BCUT2D eigenvalue weighted by Crippen LogP contribution is -2.43. The smallest absolute Gasteiger partial charge is 0.175 e. The van der Waals surface area contributed by atoms with Gasteiger partial charge in [0, 0.05) is 20.3 Å². The van der Waals surface area contributed by atoms with Crippen molar-refractivity contribution in [1.29, 1.82) is 0 Å². The Labute approximate surface area is 78.7 Å². The molecule has 0 spiro atoms. The van der Waals surface area contributed by atoms with E-state index in [0.29, 0.717) is 0 Å². The number of likely N-dealkylation sites (N-methyl/N-ethyl adjacent to an activating group) is 1. The van der Waals surface area contributed by atoms with Gasteiger partial charge in [-0.3, -0.25) is 4.90 Å². The molecule has 2 aliphatic rings. The standard InChI is InChI=1S/C9H17NO3/c1-4-12-8-6-5-10(2)7(8)9(11-3)13-6/h6-9H,4-5H2,1-3H3/t6-,7+,8+,9?/m1/s1. The van der Waals surface area contributed by atoms with Gasteiger partial charge in [0.15, 0.2) is 6.29 Å². The Kier molecular flexibility index (Phi) is 2.55. The minimum absolute atomic E-state index is 0.111. The van der Waals surface area contributed by atoms with E-state index < -0.39 is 0 Å². The third-order valence-electron chi connectivity index (χ3n) is 2.86. The first kappa shape index (κ1) is 9.40. The van der Waals surface area contributed by atoms with Gasteiger partial charge in [0.1, 0.15) is 12.2 Å². The van der Waals surface area contributed by atoms with Crippen LogP contribution in [0.3, 0.4) is 0 Å². The fourth-order valence-electron chi connectivity index (χ4n) is 2.31. The average molecular weight is 187 g/mol. The minimum atomic E-state index is -0.111. The van der Waals surface area contributed by atoms with Crippen molar-refractivity contribution in [3.05, 3.63) is 0 Å². The number of methoxy groups -OCH3 is 1. The van der Waals surface area contributed by atoms with Crippen LogP contribution in [0.25, 0.3) is 0 Å². The summed E-state index contributed by atoms with van der Waals surface area (Å²) in [4.78, 5) is 2.25. The number of hydrogen-bond acceptors (Lipinski definition) is 4. The van der Waals surface area contributed by atoms with Crippen LogP contribution in [-0.2, 0) is 14.2 Å². The van der Waals surface area contributed by atoms with Crippen LogP contribution in [0, 0.1) is 0 Å². The highest BCUT2D eigenvalue weighted by atomic mass is 16.7. The number of likely N-dealkylation sites (tertiary alicyclic amines) is 1. The van der Waals surface area contributed by atoms with E-state index in [1.165, 1.54) is 0 Å². The number of morpholine rings is 1. The molecule has 2 fully saturated rings. The molecule has 4 atom stereocenters. The first-order valence-corrected chi connectivity index (χ1v) is 4.78. The highest BCUT2D eigenvalue weighted by molar-refractivity contribution is 5.01. The molecule has 13 heavy (non-hydrogen) atoms. The van der Waals surface area contributed by atoms with Gasteiger partial charge in [-0.15, -0.1) is 0 Å². The lowest BCUT2D eigenvalue weighted by molar-refractivity contribution is -0.163. The summed E-state index contributed by atoms with van der Waals surface area (Å²) in [6.07, 6.45) is 0.278. The molecule has 76 valence electrons. The zero-order chi connectivity index (χ0) is 9.42. The maximum absolute atomic E-state index is 5.66. The molecular formula is C9H17NO3. The summed E-state index contributed by atoms with van der Waals surface area (Å²) in [5.74, 6) is 0. The molecule has 2 rings (SSSR count). The molecule has 0 aromatic heterocycles. The molecule has 0 aromatic rings. The van der Waals surface area contributed by atoms with Crippen LogP contribution in [0.1, 0.15) is 6.92 Å². The minimum Gasteiger partial charge on any atom is -0.374 e. The highest BCUT2D eigenvalue weighted by Crippen LogP contribution is 2.34. The Hall–Kier alpha value is -0.160. The molecule has 0 amide bonds. The van der Waals surface area contributed by atoms with Gasteiger partial charge in [0.25, 0.3) is 0 Å². The molecule has 0 N–H and O–H groups in total. The molecule has 4 nitrogen and oxygen atoms in total. The molecule has 0 saturated carbocycles. The van der Waals surface area contributed by atoms with Crippen LogP contribution in [0.5, 0.6) is 0 Å². The van der Waals surface area contributed by atoms with E-state index >= 15 is 0 Å². The van der Waals surface area contributed by atoms with Gasteiger partial charge in [-0.2, -0.15) is 0 Å².